The molecule has 130 heavy (non-hydrogen) atoms. The number of aliphatic imine (C=N–C) groups is 2. The van der Waals surface area contributed by atoms with Crippen LogP contribution in [0.5, 0.6) is 11.5 Å². The largest absolute Gasteiger partial charge is 0.423 e. The summed E-state index contributed by atoms with van der Waals surface area (Å²) in [6.07, 6.45) is 3.51. The van der Waals surface area contributed by atoms with Gasteiger partial charge in [-0.15, -0.1) is 0 Å². The number of amidine groups is 2. The summed E-state index contributed by atoms with van der Waals surface area (Å²) in [4.78, 5) is 97.4. The first kappa shape index (κ1) is 79.8. The maximum atomic E-state index is 13.8. The van der Waals surface area contributed by atoms with Crippen molar-refractivity contribution < 1.29 is 37.7 Å². The minimum atomic E-state index is -0.587. The summed E-state index contributed by atoms with van der Waals surface area (Å²) in [6.45, 7) is 3.90. The van der Waals surface area contributed by atoms with Crippen molar-refractivity contribution in [2.45, 2.75) is 13.8 Å². The van der Waals surface area contributed by atoms with Gasteiger partial charge in [0, 0.05) is 150 Å². The Morgan fingerprint density at radius 3 is 1.08 bits per heavy atom. The molecule has 24 heteroatoms. The third-order valence-corrected chi connectivity index (χ3v) is 23.0. The second kappa shape index (κ2) is 33.2. The van der Waals surface area contributed by atoms with E-state index in [9.17, 15) is 49.9 Å². The molecule has 20 rings (SSSR count). The lowest BCUT2D eigenvalue weighted by Gasteiger charge is -2.28. The van der Waals surface area contributed by atoms with Crippen LogP contribution in [-0.4, -0.2) is 43.4 Å². The van der Waals surface area contributed by atoms with E-state index in [4.69, 9.17) is 38.3 Å². The number of aromatic nitrogens is 2. The number of rotatable bonds is 20. The Hall–Kier alpha value is -18.7. The third-order valence-electron chi connectivity index (χ3n) is 23.0. The minimum Gasteiger partial charge on any atom is -0.423 e. The van der Waals surface area contributed by atoms with Crippen molar-refractivity contribution in [3.8, 4) is 68.1 Å². The van der Waals surface area contributed by atoms with Crippen LogP contribution in [0.1, 0.15) is 54.1 Å². The molecule has 0 saturated carbocycles. The fourth-order valence-corrected chi connectivity index (χ4v) is 16.6. The van der Waals surface area contributed by atoms with Gasteiger partial charge in [-0.1, -0.05) is 97.1 Å². The zero-order chi connectivity index (χ0) is 89.0. The second-order valence-electron chi connectivity index (χ2n) is 30.9. The standard InChI is InChI=1S/C106H64N12O12/c1-61-53-71(23-47-93(61)115(75-29-9-63(10-30-75)65-17-37-79(38-18-65)117(123)124)77-33-13-67(14-34-77)73-25-49-97(109-59-73)113-103-87-7-3-5-83-85(43-45-91(111-103)101(83)87)105(121)127-81-41-21-69-27-51-99(119)129-95(69)55-81)89(57-107)90(58-108)72-24-48-94(62(2)54-72)116(76-31-11-64(12-32-76)66-19-39-80(40-20-66)118(125)126)78-35-15-68(16-36-78)74-26-50-98(110-60-74)114-104-88-8-4-6-84-86(44-46-92(112-104)102(84)88)106(122)128-82-42-22-70-28-52-100(120)130-96(70)56-82/h3-56,59-60H,1-2H3,(H,109,111,113)(H,110,112,114)/b90-89+. The highest BCUT2D eigenvalue weighted by atomic mass is 16.6. The third kappa shape index (κ3) is 15.3. The lowest BCUT2D eigenvalue weighted by Crippen LogP contribution is -2.12. The highest BCUT2D eigenvalue weighted by Crippen LogP contribution is 2.46. The van der Waals surface area contributed by atoms with Crippen LogP contribution in [0.3, 0.4) is 0 Å². The SMILES string of the molecule is Cc1cc(/C(C#N)=C(\C#N)c2ccc(N(c3ccc(-c4ccc([N+](=O)[O-])cc4)cc3)c3ccc(-c4ccc(N=C5Nc6ccc(C(=O)Oc7ccc8ccc(=O)oc8c7)c7cccc5c67)nc4)cc3)c(C)c2)ccc1N(c1ccc(-c2ccc([N+](=O)[O-])cc2)cc1)c1ccc(-c2ccc(N=C3Nc4ccc(C(=O)Oc5ccc6ccc(=O)oc6c5)c5cccc3c45)nc2)cc1. The molecule has 6 heterocycles. The number of hydrogen-bond acceptors (Lipinski definition) is 20. The molecule has 0 atom stereocenters. The van der Waals surface area contributed by atoms with Gasteiger partial charge >= 0.3 is 23.2 Å². The number of ether oxygens (including phenoxy) is 2. The van der Waals surface area contributed by atoms with Gasteiger partial charge < -0.3 is 38.7 Å². The number of nitro groups is 2. The van der Waals surface area contributed by atoms with Gasteiger partial charge in [0.15, 0.2) is 11.6 Å². The molecule has 0 unspecified atom stereocenters. The molecule has 0 saturated heterocycles. The van der Waals surface area contributed by atoms with Crippen molar-refractivity contribution in [2.75, 3.05) is 20.4 Å². The number of carbonyl (C=O) groups excluding carboxylic acids is 2. The van der Waals surface area contributed by atoms with E-state index >= 15 is 0 Å². The number of anilines is 8. The molecule has 0 bridgehead atoms. The summed E-state index contributed by atoms with van der Waals surface area (Å²) in [5, 5.41) is 56.8. The fourth-order valence-electron chi connectivity index (χ4n) is 16.6. The smallest absolute Gasteiger partial charge is 0.344 e. The average Bonchev–Trinajstić information content (AvgIpc) is 1.60. The van der Waals surface area contributed by atoms with Crippen molar-refractivity contribution in [2.24, 2.45) is 9.98 Å². The summed E-state index contributed by atoms with van der Waals surface area (Å²) >= 11 is 0. The highest BCUT2D eigenvalue weighted by Gasteiger charge is 2.29. The molecule has 18 aromatic rings. The number of pyridine rings is 2. The van der Waals surface area contributed by atoms with Crippen LogP contribution in [0.15, 0.2) is 368 Å². The average molecular weight is 1700 g/mol. The van der Waals surface area contributed by atoms with Crippen LogP contribution in [0.2, 0.25) is 0 Å². The van der Waals surface area contributed by atoms with E-state index in [1.165, 1.54) is 48.5 Å². The Kier molecular flexibility index (Phi) is 20.4. The van der Waals surface area contributed by atoms with Gasteiger partial charge in [-0.2, -0.15) is 10.5 Å². The number of nitrogens with one attached hydrogen (secondary N) is 2. The molecule has 14 aromatic carbocycles. The van der Waals surface area contributed by atoms with Crippen LogP contribution in [0.25, 0.3) is 99.1 Å². The molecular formula is C106H64N12O12. The normalized spacial score (nSPS) is 12.6. The summed E-state index contributed by atoms with van der Waals surface area (Å²) in [7, 11) is 0. The van der Waals surface area contributed by atoms with Crippen molar-refractivity contribution >= 4 is 147 Å². The van der Waals surface area contributed by atoms with E-state index in [0.29, 0.717) is 78.3 Å². The zero-order valence-corrected chi connectivity index (χ0v) is 68.7. The van der Waals surface area contributed by atoms with Crippen LogP contribution >= 0.6 is 0 Å². The molecule has 0 spiro atoms. The van der Waals surface area contributed by atoms with Crippen molar-refractivity contribution in [1.29, 1.82) is 10.5 Å². The first-order valence-corrected chi connectivity index (χ1v) is 40.9. The second-order valence-corrected chi connectivity index (χ2v) is 30.9. The predicted octanol–water partition coefficient (Wildman–Crippen LogP) is 24.4. The van der Waals surface area contributed by atoms with E-state index in [2.05, 4.69) is 32.6 Å². The van der Waals surface area contributed by atoms with Crippen molar-refractivity contribution in [3.63, 3.8) is 0 Å². The lowest BCUT2D eigenvalue weighted by molar-refractivity contribution is -0.385. The first-order chi connectivity index (χ1) is 63.4. The molecule has 2 aliphatic rings. The number of hydrogen-bond donors (Lipinski definition) is 2. The number of non-ortho nitro benzene ring substituents is 2. The Morgan fingerprint density at radius 1 is 0.400 bits per heavy atom. The molecule has 2 N–H and O–H groups in total. The fraction of sp³-hybridized carbons (Fsp3) is 0.0189. The van der Waals surface area contributed by atoms with Crippen LogP contribution < -0.4 is 41.2 Å². The maximum absolute atomic E-state index is 13.8. The number of esters is 2. The first-order valence-electron chi connectivity index (χ1n) is 40.9. The van der Waals surface area contributed by atoms with Crippen LogP contribution in [0.4, 0.5) is 68.5 Å². The summed E-state index contributed by atoms with van der Waals surface area (Å²) in [6, 6.07) is 102. The molecule has 620 valence electrons. The Morgan fingerprint density at radius 2 is 0.746 bits per heavy atom. The van der Waals surface area contributed by atoms with E-state index in [0.717, 1.165) is 123 Å². The van der Waals surface area contributed by atoms with Gasteiger partial charge in [-0.25, -0.2) is 39.1 Å². The van der Waals surface area contributed by atoms with Crippen molar-refractivity contribution in [3.05, 3.63) is 426 Å². The van der Waals surface area contributed by atoms with Gasteiger partial charge in [0.1, 0.15) is 46.5 Å². The Bertz CT molecular complexity index is 7610. The zero-order valence-electron chi connectivity index (χ0n) is 68.7. The topological polar surface area (TPSA) is 328 Å². The molecule has 2 aliphatic heterocycles. The van der Waals surface area contributed by atoms with Gasteiger partial charge in [-0.05, 0) is 262 Å². The van der Waals surface area contributed by atoms with Gasteiger partial charge in [0.2, 0.25) is 0 Å². The molecule has 0 radical (unpaired) electrons. The highest BCUT2D eigenvalue weighted by molar-refractivity contribution is 6.30. The van der Waals surface area contributed by atoms with E-state index in [-0.39, 0.29) is 34.0 Å². The molecule has 4 aromatic heterocycles. The minimum absolute atomic E-state index is 0.0204. The van der Waals surface area contributed by atoms with E-state index in [1.807, 2.05) is 220 Å². The molecule has 0 fully saturated rings. The van der Waals surface area contributed by atoms with Gasteiger partial charge in [0.25, 0.3) is 11.4 Å². The predicted molar refractivity (Wildman–Crippen MR) is 503 cm³/mol. The lowest BCUT2D eigenvalue weighted by atomic mass is 9.93. The number of fused-ring (bicyclic) bond motifs is 2. The Labute approximate surface area is 738 Å². The number of aryl methyl sites for hydroxylation is 2. The van der Waals surface area contributed by atoms with Crippen LogP contribution in [-0.2, 0) is 0 Å². The number of benzene rings is 14. The molecule has 0 aliphatic carbocycles. The van der Waals surface area contributed by atoms with E-state index < -0.39 is 33.0 Å². The van der Waals surface area contributed by atoms with Crippen molar-refractivity contribution in [1.82, 2.24) is 9.97 Å². The molecule has 0 amide bonds. The number of allylic oxidation sites excluding steroid dienone is 2. The maximum Gasteiger partial charge on any atom is 0.344 e. The quantitative estimate of drug-likeness (QED) is 0.0136. The van der Waals surface area contributed by atoms with Crippen LogP contribution in [0, 0.1) is 56.7 Å². The monoisotopic (exact) mass is 1700 g/mol. The molecular weight excluding hydrogens is 1630 g/mol. The van der Waals surface area contributed by atoms with Gasteiger partial charge in [0.05, 0.1) is 32.1 Å². The van der Waals surface area contributed by atoms with E-state index in [1.54, 1.807) is 85.2 Å². The summed E-state index contributed by atoms with van der Waals surface area (Å²) < 4.78 is 22.3. The Balaban J connectivity index is 0.570. The number of nitrogens with zero attached hydrogens (tertiary/aromatic N) is 10. The summed E-state index contributed by atoms with van der Waals surface area (Å²) in [5.74, 6) is 1.24. The summed E-state index contributed by atoms with van der Waals surface area (Å²) in [5.41, 5.74) is 17.4. The number of nitriles is 2. The van der Waals surface area contributed by atoms with Gasteiger partial charge in [-0.3, -0.25) is 20.2 Å². The molecule has 24 nitrogen and oxygen atoms in total. The number of carbonyl (C=O) groups is 2. The number of nitro benzene ring substituents is 2.